The molecule has 0 saturated carbocycles. The van der Waals surface area contributed by atoms with Gasteiger partial charge in [-0.1, -0.05) is 13.8 Å². The number of Topliss-reactive ketones (excluding diaryl/α,β-unsaturated/α-hetero) is 1. The number of nitrogens with zero attached hydrogens (tertiary/aromatic N) is 2. The minimum atomic E-state index is -0.638. The van der Waals surface area contributed by atoms with Crippen molar-refractivity contribution in [3.05, 3.63) is 11.8 Å². The molecule has 8 nitrogen and oxygen atoms in total. The second-order valence-corrected chi connectivity index (χ2v) is 8.99. The molecule has 1 amide bonds. The monoisotopic (exact) mass is 438 g/mol. The van der Waals surface area contributed by atoms with Crippen molar-refractivity contribution in [1.82, 2.24) is 4.90 Å². The molecule has 1 aliphatic rings. The van der Waals surface area contributed by atoms with Crippen molar-refractivity contribution in [2.24, 2.45) is 16.8 Å². The molecule has 0 aliphatic carbocycles. The lowest BCUT2D eigenvalue weighted by molar-refractivity contribution is -0.136. The molecule has 31 heavy (non-hydrogen) atoms. The molecule has 0 fully saturated rings. The minimum absolute atomic E-state index is 0.0209. The number of aliphatic imine (C=N–C) groups is 1. The van der Waals surface area contributed by atoms with Crippen molar-refractivity contribution in [2.45, 2.75) is 78.9 Å². The third-order valence-corrected chi connectivity index (χ3v) is 5.42. The first-order valence-electron chi connectivity index (χ1n) is 10.8. The molecule has 0 N–H and O–H groups in total. The summed E-state index contributed by atoms with van der Waals surface area (Å²) in [6.45, 7) is 11.1. The van der Waals surface area contributed by atoms with Gasteiger partial charge in [-0.3, -0.25) is 4.79 Å². The Morgan fingerprint density at radius 1 is 1.26 bits per heavy atom. The third kappa shape index (κ3) is 8.34. The van der Waals surface area contributed by atoms with E-state index in [1.165, 1.54) is 20.2 Å². The number of ketones is 1. The van der Waals surface area contributed by atoms with Gasteiger partial charge >= 0.3 is 12.1 Å². The summed E-state index contributed by atoms with van der Waals surface area (Å²) in [5, 5.41) is 0. The molecule has 176 valence electrons. The van der Waals surface area contributed by atoms with Crippen LogP contribution in [0.4, 0.5) is 4.79 Å². The number of methoxy groups -OCH3 is 2. The highest BCUT2D eigenvalue weighted by atomic mass is 16.6. The third-order valence-electron chi connectivity index (χ3n) is 5.42. The Kier molecular flexibility index (Phi) is 10.2. The Labute approximate surface area is 186 Å². The fourth-order valence-corrected chi connectivity index (χ4v) is 3.44. The maximum Gasteiger partial charge on any atom is 0.410 e. The van der Waals surface area contributed by atoms with Crippen LogP contribution in [0.1, 0.15) is 67.2 Å². The average molecular weight is 439 g/mol. The highest BCUT2D eigenvalue weighted by molar-refractivity contribution is 5.92. The predicted molar refractivity (Wildman–Crippen MR) is 119 cm³/mol. The first-order chi connectivity index (χ1) is 14.4. The van der Waals surface area contributed by atoms with Crippen LogP contribution in [-0.2, 0) is 23.8 Å². The number of hydrogen-bond acceptors (Lipinski definition) is 7. The number of amides is 1. The van der Waals surface area contributed by atoms with E-state index in [1.807, 2.05) is 34.6 Å². The molecule has 0 spiro atoms. The standard InChI is InChI=1S/C23H38N2O6/c1-9-18(25(14-15(2)16(3)26)22(28)31-23(4,5)6)11-10-17-12-20(29-7)24-13-19(17)21(27)30-8/h13,15,17-18H,9-12,14H2,1-8H3. The van der Waals surface area contributed by atoms with Crippen LogP contribution >= 0.6 is 0 Å². The largest absolute Gasteiger partial charge is 0.484 e. The van der Waals surface area contributed by atoms with Gasteiger partial charge in [-0.05, 0) is 47.0 Å². The first kappa shape index (κ1) is 26.7. The molecule has 0 aromatic carbocycles. The van der Waals surface area contributed by atoms with E-state index in [0.29, 0.717) is 37.2 Å². The SMILES string of the molecule is CCC(CCC1CC(OC)=NC=C1C(=O)OC)N(CC(C)C(C)=O)C(=O)OC(C)(C)C. The number of hydrogen-bond donors (Lipinski definition) is 0. The molecule has 1 heterocycles. The van der Waals surface area contributed by atoms with Crippen molar-refractivity contribution in [2.75, 3.05) is 20.8 Å². The summed E-state index contributed by atoms with van der Waals surface area (Å²) in [7, 11) is 2.90. The molecule has 0 bridgehead atoms. The van der Waals surface area contributed by atoms with E-state index < -0.39 is 17.7 Å². The molecule has 3 unspecified atom stereocenters. The van der Waals surface area contributed by atoms with Gasteiger partial charge in [0.1, 0.15) is 11.4 Å². The van der Waals surface area contributed by atoms with E-state index >= 15 is 0 Å². The summed E-state index contributed by atoms with van der Waals surface area (Å²) in [5.41, 5.74) is -0.139. The van der Waals surface area contributed by atoms with Gasteiger partial charge in [0.05, 0.1) is 19.8 Å². The van der Waals surface area contributed by atoms with Crippen LogP contribution in [0.25, 0.3) is 0 Å². The average Bonchev–Trinajstić information content (AvgIpc) is 2.70. The van der Waals surface area contributed by atoms with E-state index in [-0.39, 0.29) is 30.2 Å². The lowest BCUT2D eigenvalue weighted by Gasteiger charge is -2.35. The van der Waals surface area contributed by atoms with E-state index in [0.717, 1.165) is 0 Å². The van der Waals surface area contributed by atoms with Gasteiger partial charge in [0.15, 0.2) is 5.90 Å². The van der Waals surface area contributed by atoms with Gasteiger partial charge in [-0.2, -0.15) is 0 Å². The summed E-state index contributed by atoms with van der Waals surface area (Å²) < 4.78 is 15.8. The molecule has 3 atom stereocenters. The van der Waals surface area contributed by atoms with Gasteiger partial charge in [0, 0.05) is 37.0 Å². The van der Waals surface area contributed by atoms with Crippen LogP contribution in [0.15, 0.2) is 16.8 Å². The van der Waals surface area contributed by atoms with E-state index in [1.54, 1.807) is 12.0 Å². The zero-order valence-corrected chi connectivity index (χ0v) is 20.2. The topological polar surface area (TPSA) is 94.5 Å². The van der Waals surface area contributed by atoms with Gasteiger partial charge in [0.25, 0.3) is 0 Å². The lowest BCUT2D eigenvalue weighted by Crippen LogP contribution is -2.46. The van der Waals surface area contributed by atoms with E-state index in [4.69, 9.17) is 14.2 Å². The van der Waals surface area contributed by atoms with Gasteiger partial charge in [-0.25, -0.2) is 14.6 Å². The summed E-state index contributed by atoms with van der Waals surface area (Å²) in [5.74, 6) is -0.257. The number of carbonyl (C=O) groups is 3. The molecule has 0 aromatic heterocycles. The summed E-state index contributed by atoms with van der Waals surface area (Å²) >= 11 is 0. The Bertz CT molecular complexity index is 707. The van der Waals surface area contributed by atoms with Crippen molar-refractivity contribution in [1.29, 1.82) is 0 Å². The van der Waals surface area contributed by atoms with Crippen molar-refractivity contribution < 1.29 is 28.6 Å². The maximum absolute atomic E-state index is 13.0. The number of esters is 1. The Morgan fingerprint density at radius 2 is 1.90 bits per heavy atom. The molecule has 8 heteroatoms. The summed E-state index contributed by atoms with van der Waals surface area (Å²) in [6, 6.07) is -0.139. The smallest absolute Gasteiger partial charge is 0.410 e. The zero-order valence-electron chi connectivity index (χ0n) is 20.2. The fraction of sp³-hybridized carbons (Fsp3) is 0.739. The number of carbonyl (C=O) groups excluding carboxylic acids is 3. The zero-order chi connectivity index (χ0) is 23.8. The second kappa shape index (κ2) is 11.9. The highest BCUT2D eigenvalue weighted by Crippen LogP contribution is 2.29. The van der Waals surface area contributed by atoms with Crippen molar-refractivity contribution in [3.8, 4) is 0 Å². The maximum atomic E-state index is 13.0. The van der Waals surface area contributed by atoms with Crippen LogP contribution in [0.2, 0.25) is 0 Å². The van der Waals surface area contributed by atoms with Crippen LogP contribution < -0.4 is 0 Å². The predicted octanol–water partition coefficient (Wildman–Crippen LogP) is 4.13. The Balaban J connectivity index is 3.03. The number of ether oxygens (including phenoxy) is 3. The molecule has 0 aromatic rings. The fourth-order valence-electron chi connectivity index (χ4n) is 3.44. The molecular weight excluding hydrogens is 400 g/mol. The molecule has 1 rings (SSSR count). The summed E-state index contributed by atoms with van der Waals surface area (Å²) in [4.78, 5) is 42.8. The Morgan fingerprint density at radius 3 is 2.39 bits per heavy atom. The van der Waals surface area contributed by atoms with Crippen LogP contribution in [-0.4, -0.2) is 61.1 Å². The molecular formula is C23H38N2O6. The molecule has 0 radical (unpaired) electrons. The van der Waals surface area contributed by atoms with E-state index in [9.17, 15) is 14.4 Å². The van der Waals surface area contributed by atoms with E-state index in [2.05, 4.69) is 4.99 Å². The number of rotatable bonds is 9. The quantitative estimate of drug-likeness (QED) is 0.503. The summed E-state index contributed by atoms with van der Waals surface area (Å²) in [6.07, 6.45) is 3.53. The van der Waals surface area contributed by atoms with Crippen molar-refractivity contribution in [3.63, 3.8) is 0 Å². The van der Waals surface area contributed by atoms with Crippen LogP contribution in [0, 0.1) is 11.8 Å². The first-order valence-corrected chi connectivity index (χ1v) is 10.8. The van der Waals surface area contributed by atoms with Gasteiger partial charge < -0.3 is 19.1 Å². The highest BCUT2D eigenvalue weighted by Gasteiger charge is 2.32. The van der Waals surface area contributed by atoms with Crippen LogP contribution in [0.3, 0.4) is 0 Å². The molecule has 0 saturated heterocycles. The minimum Gasteiger partial charge on any atom is -0.484 e. The normalized spacial score (nSPS) is 18.3. The molecule has 1 aliphatic heterocycles. The van der Waals surface area contributed by atoms with Crippen molar-refractivity contribution >= 4 is 23.7 Å². The second-order valence-electron chi connectivity index (χ2n) is 8.99. The van der Waals surface area contributed by atoms with Gasteiger partial charge in [-0.15, -0.1) is 0 Å². The van der Waals surface area contributed by atoms with Crippen LogP contribution in [0.5, 0.6) is 0 Å². The van der Waals surface area contributed by atoms with Gasteiger partial charge in [0.2, 0.25) is 0 Å². The Hall–Kier alpha value is -2.38. The lowest BCUT2D eigenvalue weighted by atomic mass is 9.87.